The molecule has 0 spiro atoms. The van der Waals surface area contributed by atoms with Gasteiger partial charge in [0.15, 0.2) is 0 Å². The Morgan fingerprint density at radius 1 is 1.46 bits per heavy atom. The third-order valence-electron chi connectivity index (χ3n) is 2.02. The molecule has 1 aromatic carbocycles. The fraction of sp³-hybridized carbons (Fsp3) is 0.364. The predicted octanol–water partition coefficient (Wildman–Crippen LogP) is 1.98. The first-order valence-electron chi connectivity index (χ1n) is 4.29. The second-order valence-corrected chi connectivity index (χ2v) is 3.26. The van der Waals surface area contributed by atoms with E-state index >= 15 is 0 Å². The molecular weight excluding hydrogens is 162 g/mol. The highest BCUT2D eigenvalue weighted by Crippen LogP contribution is 2.19. The molecule has 13 heavy (non-hydrogen) atoms. The molecule has 2 atom stereocenters. The van der Waals surface area contributed by atoms with Crippen LogP contribution in [0.5, 0.6) is 0 Å². The minimum Gasteiger partial charge on any atom is -0.392 e. The molecule has 0 bridgehead atoms. The van der Waals surface area contributed by atoms with Gasteiger partial charge in [-0.05, 0) is 19.4 Å². The maximum absolute atomic E-state index is 9.33. The van der Waals surface area contributed by atoms with Crippen LogP contribution in [0, 0.1) is 18.3 Å². The van der Waals surface area contributed by atoms with E-state index in [-0.39, 0.29) is 0 Å². The Labute approximate surface area is 78.4 Å². The van der Waals surface area contributed by atoms with E-state index in [9.17, 15) is 5.11 Å². The monoisotopic (exact) mass is 175 g/mol. The van der Waals surface area contributed by atoms with Gasteiger partial charge in [-0.2, -0.15) is 5.26 Å². The van der Waals surface area contributed by atoms with E-state index in [0.29, 0.717) is 0 Å². The molecule has 0 radical (unpaired) electrons. The van der Waals surface area contributed by atoms with Crippen molar-refractivity contribution in [1.29, 1.82) is 5.26 Å². The maximum Gasteiger partial charge on any atom is 0.0969 e. The summed E-state index contributed by atoms with van der Waals surface area (Å²) in [4.78, 5) is 0. The van der Waals surface area contributed by atoms with E-state index in [1.165, 1.54) is 0 Å². The lowest BCUT2D eigenvalue weighted by molar-refractivity contribution is 0.181. The average Bonchev–Trinajstić information content (AvgIpc) is 2.04. The molecular formula is C11H13NO. The van der Waals surface area contributed by atoms with Gasteiger partial charge in [0, 0.05) is 0 Å². The summed E-state index contributed by atoms with van der Waals surface area (Å²) < 4.78 is 0. The minimum atomic E-state index is -0.619. The van der Waals surface area contributed by atoms with E-state index < -0.39 is 12.0 Å². The third kappa shape index (κ3) is 2.30. The molecule has 1 rings (SSSR count). The van der Waals surface area contributed by atoms with E-state index in [4.69, 9.17) is 5.26 Å². The van der Waals surface area contributed by atoms with Crippen LogP contribution in [0.1, 0.15) is 24.0 Å². The van der Waals surface area contributed by atoms with E-state index in [1.54, 1.807) is 6.92 Å². The summed E-state index contributed by atoms with van der Waals surface area (Å²) in [5, 5.41) is 18.2. The highest BCUT2D eigenvalue weighted by atomic mass is 16.3. The largest absolute Gasteiger partial charge is 0.392 e. The number of rotatable bonds is 2. The summed E-state index contributed by atoms with van der Waals surface area (Å²) in [6.45, 7) is 3.61. The Hall–Kier alpha value is -1.33. The van der Waals surface area contributed by atoms with E-state index in [2.05, 4.69) is 6.07 Å². The van der Waals surface area contributed by atoms with Crippen LogP contribution < -0.4 is 0 Å². The maximum atomic E-state index is 9.33. The van der Waals surface area contributed by atoms with Gasteiger partial charge < -0.3 is 5.11 Å². The molecule has 0 amide bonds. The summed E-state index contributed by atoms with van der Waals surface area (Å²) in [5.41, 5.74) is 2.00. The molecule has 0 aliphatic heterocycles. The second kappa shape index (κ2) is 4.06. The highest BCUT2D eigenvalue weighted by Gasteiger charge is 2.15. The lowest BCUT2D eigenvalue weighted by Gasteiger charge is -2.12. The van der Waals surface area contributed by atoms with Gasteiger partial charge in [-0.3, -0.25) is 0 Å². The molecule has 0 aromatic heterocycles. The molecule has 0 saturated carbocycles. The van der Waals surface area contributed by atoms with Gasteiger partial charge in [-0.25, -0.2) is 0 Å². The number of aryl methyl sites for hydroxylation is 1. The van der Waals surface area contributed by atoms with Crippen LogP contribution in [0.2, 0.25) is 0 Å². The normalized spacial score (nSPS) is 14.6. The third-order valence-corrected chi connectivity index (χ3v) is 2.02. The minimum absolute atomic E-state index is 0.417. The zero-order chi connectivity index (χ0) is 9.84. The van der Waals surface area contributed by atoms with Crippen molar-refractivity contribution in [3.8, 4) is 6.07 Å². The summed E-state index contributed by atoms with van der Waals surface area (Å²) in [6.07, 6.45) is -0.619. The molecule has 2 unspecified atom stereocenters. The quantitative estimate of drug-likeness (QED) is 0.747. The van der Waals surface area contributed by atoms with E-state index in [1.807, 2.05) is 31.2 Å². The van der Waals surface area contributed by atoms with Crippen LogP contribution in [0.15, 0.2) is 24.3 Å². The summed E-state index contributed by atoms with van der Waals surface area (Å²) in [6, 6.07) is 9.77. The van der Waals surface area contributed by atoms with Crippen LogP contribution in [-0.2, 0) is 0 Å². The van der Waals surface area contributed by atoms with Crippen molar-refractivity contribution >= 4 is 0 Å². The van der Waals surface area contributed by atoms with Crippen molar-refractivity contribution in [2.45, 2.75) is 25.9 Å². The number of aliphatic hydroxyl groups excluding tert-OH is 1. The predicted molar refractivity (Wildman–Crippen MR) is 51.2 cm³/mol. The van der Waals surface area contributed by atoms with Gasteiger partial charge in [0.2, 0.25) is 0 Å². The first-order chi connectivity index (χ1) is 6.15. The molecule has 0 fully saturated rings. The van der Waals surface area contributed by atoms with Gasteiger partial charge >= 0.3 is 0 Å². The van der Waals surface area contributed by atoms with Crippen molar-refractivity contribution in [1.82, 2.24) is 0 Å². The van der Waals surface area contributed by atoms with Crippen molar-refractivity contribution in [3.05, 3.63) is 35.4 Å². The fourth-order valence-electron chi connectivity index (χ4n) is 1.32. The second-order valence-electron chi connectivity index (χ2n) is 3.26. The van der Waals surface area contributed by atoms with Gasteiger partial charge in [-0.1, -0.05) is 29.8 Å². The van der Waals surface area contributed by atoms with Crippen LogP contribution >= 0.6 is 0 Å². The number of aliphatic hydroxyl groups is 1. The summed E-state index contributed by atoms with van der Waals surface area (Å²) in [5.74, 6) is -0.417. The van der Waals surface area contributed by atoms with Crippen molar-refractivity contribution in [2.75, 3.05) is 0 Å². The van der Waals surface area contributed by atoms with Crippen LogP contribution in [0.3, 0.4) is 0 Å². The topological polar surface area (TPSA) is 44.0 Å². The highest BCUT2D eigenvalue weighted by molar-refractivity contribution is 5.29. The molecule has 0 heterocycles. The van der Waals surface area contributed by atoms with Gasteiger partial charge in [0.05, 0.1) is 18.1 Å². The fourth-order valence-corrected chi connectivity index (χ4v) is 1.32. The Kier molecular flexibility index (Phi) is 3.05. The lowest BCUT2D eigenvalue weighted by Crippen LogP contribution is -2.12. The Bertz CT molecular complexity index is 325. The van der Waals surface area contributed by atoms with Crippen molar-refractivity contribution in [2.24, 2.45) is 0 Å². The number of hydrogen-bond acceptors (Lipinski definition) is 2. The van der Waals surface area contributed by atoms with E-state index in [0.717, 1.165) is 11.1 Å². The lowest BCUT2D eigenvalue weighted by atomic mass is 9.95. The number of hydrogen-bond donors (Lipinski definition) is 1. The Morgan fingerprint density at radius 2 is 2.15 bits per heavy atom. The molecule has 2 nitrogen and oxygen atoms in total. The number of benzene rings is 1. The summed E-state index contributed by atoms with van der Waals surface area (Å²) >= 11 is 0. The van der Waals surface area contributed by atoms with Crippen LogP contribution in [-0.4, -0.2) is 11.2 Å². The number of nitriles is 1. The molecule has 0 aliphatic rings. The Morgan fingerprint density at radius 3 is 2.62 bits per heavy atom. The van der Waals surface area contributed by atoms with Crippen molar-refractivity contribution < 1.29 is 5.11 Å². The molecule has 0 aliphatic carbocycles. The Balaban J connectivity index is 3.00. The first kappa shape index (κ1) is 9.76. The van der Waals surface area contributed by atoms with Gasteiger partial charge in [0.1, 0.15) is 0 Å². The van der Waals surface area contributed by atoms with Crippen LogP contribution in [0.4, 0.5) is 0 Å². The van der Waals surface area contributed by atoms with Gasteiger partial charge in [0.25, 0.3) is 0 Å². The van der Waals surface area contributed by atoms with Gasteiger partial charge in [-0.15, -0.1) is 0 Å². The zero-order valence-corrected chi connectivity index (χ0v) is 7.86. The smallest absolute Gasteiger partial charge is 0.0969 e. The average molecular weight is 175 g/mol. The standard InChI is InChI=1S/C11H13NO/c1-8-4-3-5-10(6-8)11(7-12)9(2)13/h3-6,9,11,13H,1-2H3. The molecule has 1 aromatic rings. The summed E-state index contributed by atoms with van der Waals surface area (Å²) in [7, 11) is 0. The van der Waals surface area contributed by atoms with Crippen molar-refractivity contribution in [3.63, 3.8) is 0 Å². The number of nitrogens with zero attached hydrogens (tertiary/aromatic N) is 1. The zero-order valence-electron chi connectivity index (χ0n) is 7.86. The molecule has 1 N–H and O–H groups in total. The molecule has 0 saturated heterocycles. The SMILES string of the molecule is Cc1cccc(C(C#N)C(C)O)c1. The molecule has 68 valence electrons. The van der Waals surface area contributed by atoms with Crippen LogP contribution in [0.25, 0.3) is 0 Å². The first-order valence-corrected chi connectivity index (χ1v) is 4.29. The molecule has 2 heteroatoms.